The van der Waals surface area contributed by atoms with E-state index in [2.05, 4.69) is 0 Å². The van der Waals surface area contributed by atoms with E-state index in [1.54, 1.807) is 13.8 Å². The summed E-state index contributed by atoms with van der Waals surface area (Å²) in [5.74, 6) is 0.354. The average molecular weight is 158 g/mol. The number of carbonyl (C=O) groups is 1. The van der Waals surface area contributed by atoms with Gasteiger partial charge in [-0.1, -0.05) is 13.8 Å². The highest BCUT2D eigenvalue weighted by molar-refractivity contribution is 5.75. The fourth-order valence-electron chi connectivity index (χ4n) is 0.718. The van der Waals surface area contributed by atoms with Crippen LogP contribution < -0.4 is 0 Å². The molecular weight excluding hydrogens is 140 g/mol. The maximum absolute atomic E-state index is 10.6. The van der Waals surface area contributed by atoms with E-state index in [1.165, 1.54) is 0 Å². The first-order valence-corrected chi connectivity index (χ1v) is 4.08. The Morgan fingerprint density at radius 1 is 1.55 bits per heavy atom. The molecular formula is C9H18O2. The number of Topliss-reactive ketones (excluding diaryl/α,β-unsaturated/α-hetero) is 1. The standard InChI is InChI=1S/C9H18O2/c1-7(2)9(4,11)6-5-8(3)10/h7,11H,5-6H2,1-4H3. The lowest BCUT2D eigenvalue weighted by molar-refractivity contribution is -0.118. The quantitative estimate of drug-likeness (QED) is 0.677. The summed E-state index contributed by atoms with van der Waals surface area (Å²) >= 11 is 0. The van der Waals surface area contributed by atoms with Gasteiger partial charge in [0.05, 0.1) is 5.60 Å². The van der Waals surface area contributed by atoms with Crippen molar-refractivity contribution in [2.45, 2.75) is 46.1 Å². The summed E-state index contributed by atoms with van der Waals surface area (Å²) < 4.78 is 0. The third-order valence-electron chi connectivity index (χ3n) is 2.23. The number of ketones is 1. The molecule has 0 rings (SSSR count). The van der Waals surface area contributed by atoms with Crippen molar-refractivity contribution in [3.8, 4) is 0 Å². The van der Waals surface area contributed by atoms with Crippen LogP contribution in [-0.4, -0.2) is 16.5 Å². The molecule has 1 atom stereocenters. The molecule has 0 aromatic heterocycles. The van der Waals surface area contributed by atoms with E-state index in [9.17, 15) is 9.90 Å². The minimum atomic E-state index is -0.689. The van der Waals surface area contributed by atoms with E-state index in [0.717, 1.165) is 0 Å². The van der Waals surface area contributed by atoms with E-state index in [1.807, 2.05) is 13.8 Å². The fourth-order valence-corrected chi connectivity index (χ4v) is 0.718. The Labute approximate surface area is 68.6 Å². The van der Waals surface area contributed by atoms with Gasteiger partial charge in [0.25, 0.3) is 0 Å². The fraction of sp³-hybridized carbons (Fsp3) is 0.889. The van der Waals surface area contributed by atoms with Crippen molar-refractivity contribution in [3.05, 3.63) is 0 Å². The molecule has 0 amide bonds. The van der Waals surface area contributed by atoms with Gasteiger partial charge < -0.3 is 9.90 Å². The largest absolute Gasteiger partial charge is 0.390 e. The number of hydrogen-bond acceptors (Lipinski definition) is 2. The Bertz CT molecular complexity index is 136. The van der Waals surface area contributed by atoms with Crippen LogP contribution in [0.4, 0.5) is 0 Å². The first kappa shape index (κ1) is 10.6. The van der Waals surface area contributed by atoms with Gasteiger partial charge in [-0.15, -0.1) is 0 Å². The summed E-state index contributed by atoms with van der Waals surface area (Å²) in [6.45, 7) is 7.25. The van der Waals surface area contributed by atoms with Gasteiger partial charge >= 0.3 is 0 Å². The van der Waals surface area contributed by atoms with Crippen LogP contribution in [0.25, 0.3) is 0 Å². The zero-order valence-electron chi connectivity index (χ0n) is 7.85. The second-order valence-corrected chi connectivity index (χ2v) is 3.71. The van der Waals surface area contributed by atoms with Crippen LogP contribution in [0.15, 0.2) is 0 Å². The molecule has 0 heterocycles. The van der Waals surface area contributed by atoms with Crippen molar-refractivity contribution >= 4 is 5.78 Å². The Morgan fingerprint density at radius 2 is 2.00 bits per heavy atom. The highest BCUT2D eigenvalue weighted by Gasteiger charge is 2.24. The van der Waals surface area contributed by atoms with Gasteiger partial charge in [-0.25, -0.2) is 0 Å². The molecule has 1 N–H and O–H groups in total. The highest BCUT2D eigenvalue weighted by Crippen LogP contribution is 2.21. The molecule has 0 saturated heterocycles. The molecule has 0 spiro atoms. The highest BCUT2D eigenvalue weighted by atomic mass is 16.3. The lowest BCUT2D eigenvalue weighted by Gasteiger charge is -2.26. The van der Waals surface area contributed by atoms with E-state index in [4.69, 9.17) is 0 Å². The third kappa shape index (κ3) is 4.14. The summed E-state index contributed by atoms with van der Waals surface area (Å²) in [5.41, 5.74) is -0.689. The van der Waals surface area contributed by atoms with Gasteiger partial charge in [0.1, 0.15) is 5.78 Å². The monoisotopic (exact) mass is 158 g/mol. The van der Waals surface area contributed by atoms with Crippen LogP contribution in [0.1, 0.15) is 40.5 Å². The van der Waals surface area contributed by atoms with E-state index < -0.39 is 5.60 Å². The van der Waals surface area contributed by atoms with Gasteiger partial charge in [-0.05, 0) is 26.2 Å². The molecule has 0 saturated carbocycles. The Hall–Kier alpha value is -0.370. The van der Waals surface area contributed by atoms with E-state index in [0.29, 0.717) is 12.8 Å². The Kier molecular flexibility index (Phi) is 3.73. The summed E-state index contributed by atoms with van der Waals surface area (Å²) in [7, 11) is 0. The van der Waals surface area contributed by atoms with Gasteiger partial charge in [-0.3, -0.25) is 0 Å². The summed E-state index contributed by atoms with van der Waals surface area (Å²) in [6, 6.07) is 0. The molecule has 0 aromatic rings. The topological polar surface area (TPSA) is 37.3 Å². The molecule has 11 heavy (non-hydrogen) atoms. The van der Waals surface area contributed by atoms with Crippen molar-refractivity contribution < 1.29 is 9.90 Å². The van der Waals surface area contributed by atoms with Gasteiger partial charge in [0.15, 0.2) is 0 Å². The smallest absolute Gasteiger partial charge is 0.129 e. The van der Waals surface area contributed by atoms with Crippen molar-refractivity contribution in [1.82, 2.24) is 0 Å². The minimum absolute atomic E-state index is 0.144. The molecule has 0 aliphatic rings. The lowest BCUT2D eigenvalue weighted by atomic mass is 9.87. The molecule has 0 aliphatic carbocycles. The molecule has 0 aliphatic heterocycles. The number of aliphatic hydroxyl groups is 1. The van der Waals surface area contributed by atoms with Crippen LogP contribution in [0.3, 0.4) is 0 Å². The van der Waals surface area contributed by atoms with Crippen LogP contribution >= 0.6 is 0 Å². The third-order valence-corrected chi connectivity index (χ3v) is 2.23. The molecule has 0 radical (unpaired) electrons. The minimum Gasteiger partial charge on any atom is -0.390 e. The molecule has 1 unspecified atom stereocenters. The van der Waals surface area contributed by atoms with Gasteiger partial charge in [0.2, 0.25) is 0 Å². The van der Waals surface area contributed by atoms with Gasteiger partial charge in [0, 0.05) is 6.42 Å². The molecule has 2 heteroatoms. The van der Waals surface area contributed by atoms with Crippen LogP contribution in [-0.2, 0) is 4.79 Å². The maximum Gasteiger partial charge on any atom is 0.129 e. The van der Waals surface area contributed by atoms with E-state index in [-0.39, 0.29) is 11.7 Å². The predicted molar refractivity (Wildman–Crippen MR) is 45.4 cm³/mol. The Morgan fingerprint density at radius 3 is 2.27 bits per heavy atom. The first-order chi connectivity index (χ1) is 4.86. The van der Waals surface area contributed by atoms with Crippen molar-refractivity contribution in [2.24, 2.45) is 5.92 Å². The van der Waals surface area contributed by atoms with Gasteiger partial charge in [-0.2, -0.15) is 0 Å². The SMILES string of the molecule is CC(=O)CCC(C)(O)C(C)C. The van der Waals surface area contributed by atoms with E-state index >= 15 is 0 Å². The number of carbonyl (C=O) groups excluding carboxylic acids is 1. The normalized spacial score (nSPS) is 16.5. The second-order valence-electron chi connectivity index (χ2n) is 3.71. The van der Waals surface area contributed by atoms with Crippen LogP contribution in [0.5, 0.6) is 0 Å². The maximum atomic E-state index is 10.6. The predicted octanol–water partition coefficient (Wildman–Crippen LogP) is 1.76. The molecule has 2 nitrogen and oxygen atoms in total. The zero-order chi connectivity index (χ0) is 9.07. The summed E-state index contributed by atoms with van der Waals surface area (Å²) in [6.07, 6.45) is 1.05. The second kappa shape index (κ2) is 3.86. The number of hydrogen-bond donors (Lipinski definition) is 1. The van der Waals surface area contributed by atoms with Crippen molar-refractivity contribution in [1.29, 1.82) is 0 Å². The van der Waals surface area contributed by atoms with Crippen LogP contribution in [0.2, 0.25) is 0 Å². The van der Waals surface area contributed by atoms with Crippen molar-refractivity contribution in [3.63, 3.8) is 0 Å². The Balaban J connectivity index is 3.82. The average Bonchev–Trinajstić information content (AvgIpc) is 1.84. The summed E-state index contributed by atoms with van der Waals surface area (Å²) in [4.78, 5) is 10.6. The number of rotatable bonds is 4. The summed E-state index contributed by atoms with van der Waals surface area (Å²) in [5, 5.41) is 9.69. The van der Waals surface area contributed by atoms with Crippen LogP contribution in [0, 0.1) is 5.92 Å². The molecule has 0 fully saturated rings. The molecule has 66 valence electrons. The van der Waals surface area contributed by atoms with Crippen molar-refractivity contribution in [2.75, 3.05) is 0 Å². The first-order valence-electron chi connectivity index (χ1n) is 4.08. The lowest BCUT2D eigenvalue weighted by Crippen LogP contribution is -2.31. The zero-order valence-corrected chi connectivity index (χ0v) is 7.85. The molecule has 0 aromatic carbocycles. The molecule has 0 bridgehead atoms.